The van der Waals surface area contributed by atoms with Crippen LogP contribution in [0.1, 0.15) is 44.9 Å². The zero-order chi connectivity index (χ0) is 21.2. The summed E-state index contributed by atoms with van der Waals surface area (Å²) in [6, 6.07) is 0.288. The number of aromatic nitrogens is 5. The molecular formula is C21H27N7O3. The van der Waals surface area contributed by atoms with Gasteiger partial charge in [-0.1, -0.05) is 5.16 Å². The van der Waals surface area contributed by atoms with Crippen molar-refractivity contribution in [1.82, 2.24) is 29.8 Å². The van der Waals surface area contributed by atoms with Crippen molar-refractivity contribution < 1.29 is 14.1 Å². The number of ether oxygens (including phenoxy) is 1. The molecule has 10 nitrogen and oxygen atoms in total. The predicted molar refractivity (Wildman–Crippen MR) is 113 cm³/mol. The van der Waals surface area contributed by atoms with Gasteiger partial charge >= 0.3 is 0 Å². The molecule has 1 amide bonds. The molecule has 31 heavy (non-hydrogen) atoms. The number of aryl methyl sites for hydroxylation is 1. The fraction of sp³-hybridized carbons (Fsp3) is 0.571. The van der Waals surface area contributed by atoms with Crippen molar-refractivity contribution in [3.8, 4) is 11.5 Å². The molecule has 5 heterocycles. The molecule has 5 rings (SSSR count). The van der Waals surface area contributed by atoms with Gasteiger partial charge in [-0.25, -0.2) is 9.67 Å². The molecule has 2 aliphatic heterocycles. The van der Waals surface area contributed by atoms with E-state index in [1.165, 1.54) is 0 Å². The molecule has 0 aromatic carbocycles. The lowest BCUT2D eigenvalue weighted by Crippen LogP contribution is -2.34. The van der Waals surface area contributed by atoms with Crippen molar-refractivity contribution in [2.75, 3.05) is 25.1 Å². The minimum Gasteiger partial charge on any atom is -0.381 e. The predicted octanol–water partition coefficient (Wildman–Crippen LogP) is 2.60. The minimum absolute atomic E-state index is 0.148. The van der Waals surface area contributed by atoms with E-state index in [4.69, 9.17) is 9.26 Å². The maximum absolute atomic E-state index is 12.1. The highest BCUT2D eigenvalue weighted by Crippen LogP contribution is 2.34. The van der Waals surface area contributed by atoms with Crippen LogP contribution in [-0.4, -0.2) is 61.5 Å². The van der Waals surface area contributed by atoms with Crippen molar-refractivity contribution >= 4 is 22.6 Å². The Kier molecular flexibility index (Phi) is 5.54. The molecule has 2 aliphatic rings. The normalized spacial score (nSPS) is 18.1. The van der Waals surface area contributed by atoms with Crippen LogP contribution in [0.4, 0.5) is 5.69 Å². The number of carbonyl (C=O) groups excluding carboxylic acids is 1. The summed E-state index contributed by atoms with van der Waals surface area (Å²) in [4.78, 5) is 23.1. The maximum Gasteiger partial charge on any atom is 0.261 e. The first-order valence-corrected chi connectivity index (χ1v) is 11.0. The van der Waals surface area contributed by atoms with Crippen LogP contribution in [0.2, 0.25) is 0 Å². The van der Waals surface area contributed by atoms with E-state index < -0.39 is 0 Å². The summed E-state index contributed by atoms with van der Waals surface area (Å²) in [6.07, 6.45) is 8.01. The highest BCUT2D eigenvalue weighted by Gasteiger charge is 2.24. The summed E-state index contributed by atoms with van der Waals surface area (Å²) in [5.74, 6) is 1.05. The Morgan fingerprint density at radius 2 is 2.10 bits per heavy atom. The van der Waals surface area contributed by atoms with Gasteiger partial charge in [0, 0.05) is 45.0 Å². The zero-order valence-corrected chi connectivity index (χ0v) is 17.7. The number of fused-ring (bicyclic) bond motifs is 1. The number of hydrogen-bond donors (Lipinski definition) is 1. The molecule has 3 aromatic rings. The van der Waals surface area contributed by atoms with Crippen LogP contribution in [0.25, 0.3) is 22.5 Å². The summed E-state index contributed by atoms with van der Waals surface area (Å²) in [5, 5.41) is 13.2. The fourth-order valence-electron chi connectivity index (χ4n) is 4.25. The molecule has 164 valence electrons. The number of nitrogens with zero attached hydrogens (tertiary/aromatic N) is 6. The van der Waals surface area contributed by atoms with Crippen LogP contribution < -0.4 is 5.32 Å². The molecular weight excluding hydrogens is 398 g/mol. The van der Waals surface area contributed by atoms with Crippen LogP contribution in [-0.2, 0) is 22.6 Å². The average Bonchev–Trinajstić information content (AvgIpc) is 3.43. The lowest BCUT2D eigenvalue weighted by Gasteiger charge is -2.25. The third-order valence-electron chi connectivity index (χ3n) is 5.99. The van der Waals surface area contributed by atoms with Crippen LogP contribution >= 0.6 is 0 Å². The van der Waals surface area contributed by atoms with Crippen molar-refractivity contribution in [3.05, 3.63) is 18.2 Å². The van der Waals surface area contributed by atoms with Crippen molar-refractivity contribution in [3.63, 3.8) is 0 Å². The average molecular weight is 425 g/mol. The molecule has 2 saturated heterocycles. The summed E-state index contributed by atoms with van der Waals surface area (Å²) >= 11 is 0. The van der Waals surface area contributed by atoms with Gasteiger partial charge in [0.2, 0.25) is 5.91 Å². The van der Waals surface area contributed by atoms with Gasteiger partial charge in [-0.05, 0) is 32.6 Å². The number of anilines is 1. The van der Waals surface area contributed by atoms with Crippen LogP contribution in [0, 0.1) is 0 Å². The lowest BCUT2D eigenvalue weighted by molar-refractivity contribution is -0.134. The largest absolute Gasteiger partial charge is 0.381 e. The SMILES string of the molecule is CCn1ncc2c(NC3CCOCC3)c(-c3nc(CN4CCCCC4=O)no3)cnc21. The first-order chi connectivity index (χ1) is 15.2. The Bertz CT molecular complexity index is 1070. The van der Waals surface area contributed by atoms with Gasteiger partial charge in [-0.2, -0.15) is 10.1 Å². The molecule has 0 bridgehead atoms. The molecule has 0 aliphatic carbocycles. The Balaban J connectivity index is 1.48. The van der Waals surface area contributed by atoms with Crippen molar-refractivity contribution in [2.45, 2.75) is 58.2 Å². The van der Waals surface area contributed by atoms with E-state index in [0.29, 0.717) is 24.7 Å². The van der Waals surface area contributed by atoms with Gasteiger partial charge in [0.25, 0.3) is 5.89 Å². The van der Waals surface area contributed by atoms with Crippen LogP contribution in [0.5, 0.6) is 0 Å². The van der Waals surface area contributed by atoms with Gasteiger partial charge < -0.3 is 19.5 Å². The summed E-state index contributed by atoms with van der Waals surface area (Å²) in [7, 11) is 0. The standard InChI is InChI=1S/C21H27N7O3/c1-2-28-20-15(12-23-28)19(24-14-6-9-30-10-7-14)16(11-22-20)21-25-17(26-31-21)13-27-8-4-3-5-18(27)29/h11-12,14H,2-10,13H2,1H3,(H,22,24). The molecule has 0 radical (unpaired) electrons. The molecule has 0 spiro atoms. The van der Waals surface area contributed by atoms with E-state index in [-0.39, 0.29) is 11.9 Å². The molecule has 1 N–H and O–H groups in total. The summed E-state index contributed by atoms with van der Waals surface area (Å²) in [6.45, 7) is 5.37. The van der Waals surface area contributed by atoms with E-state index in [2.05, 4.69) is 25.5 Å². The van der Waals surface area contributed by atoms with E-state index in [1.807, 2.05) is 17.8 Å². The minimum atomic E-state index is 0.148. The second-order valence-corrected chi connectivity index (χ2v) is 8.06. The molecule has 0 saturated carbocycles. The Labute approximate surface area is 179 Å². The number of hydrogen-bond acceptors (Lipinski definition) is 8. The molecule has 10 heteroatoms. The zero-order valence-electron chi connectivity index (χ0n) is 17.7. The molecule has 2 fully saturated rings. The van der Waals surface area contributed by atoms with Crippen molar-refractivity contribution in [1.29, 1.82) is 0 Å². The second-order valence-electron chi connectivity index (χ2n) is 8.06. The monoisotopic (exact) mass is 425 g/mol. The topological polar surface area (TPSA) is 111 Å². The maximum atomic E-state index is 12.1. The first kappa shape index (κ1) is 19.9. The number of nitrogens with one attached hydrogen (secondary N) is 1. The smallest absolute Gasteiger partial charge is 0.261 e. The number of amides is 1. The number of piperidine rings is 1. The number of pyridine rings is 1. The summed E-state index contributed by atoms with van der Waals surface area (Å²) < 4.78 is 13.0. The van der Waals surface area contributed by atoms with E-state index >= 15 is 0 Å². The van der Waals surface area contributed by atoms with Crippen LogP contribution in [0.3, 0.4) is 0 Å². The third kappa shape index (κ3) is 3.99. The van der Waals surface area contributed by atoms with Gasteiger partial charge in [0.15, 0.2) is 11.5 Å². The van der Waals surface area contributed by atoms with Gasteiger partial charge in [0.05, 0.1) is 29.4 Å². The van der Waals surface area contributed by atoms with E-state index in [1.54, 1.807) is 11.1 Å². The van der Waals surface area contributed by atoms with E-state index in [9.17, 15) is 4.79 Å². The summed E-state index contributed by atoms with van der Waals surface area (Å²) in [5.41, 5.74) is 2.47. The van der Waals surface area contributed by atoms with E-state index in [0.717, 1.165) is 74.3 Å². The highest BCUT2D eigenvalue weighted by atomic mass is 16.5. The third-order valence-corrected chi connectivity index (χ3v) is 5.99. The number of likely N-dealkylation sites (tertiary alicyclic amines) is 1. The lowest BCUT2D eigenvalue weighted by atomic mass is 10.1. The second kappa shape index (κ2) is 8.62. The fourth-order valence-corrected chi connectivity index (χ4v) is 4.25. The van der Waals surface area contributed by atoms with Gasteiger partial charge in [-0.3, -0.25) is 4.79 Å². The highest BCUT2D eigenvalue weighted by molar-refractivity contribution is 5.96. The first-order valence-electron chi connectivity index (χ1n) is 11.0. The molecule has 0 unspecified atom stereocenters. The molecule has 0 atom stereocenters. The number of carbonyl (C=O) groups is 1. The molecule has 3 aromatic heterocycles. The van der Waals surface area contributed by atoms with Gasteiger partial charge in [0.1, 0.15) is 0 Å². The quantitative estimate of drug-likeness (QED) is 0.642. The Morgan fingerprint density at radius 3 is 2.90 bits per heavy atom. The van der Waals surface area contributed by atoms with Crippen molar-refractivity contribution in [2.24, 2.45) is 0 Å². The Morgan fingerprint density at radius 1 is 1.23 bits per heavy atom. The van der Waals surface area contributed by atoms with Crippen LogP contribution in [0.15, 0.2) is 16.9 Å². The Hall–Kier alpha value is -3.01. The number of rotatable bonds is 6. The van der Waals surface area contributed by atoms with Gasteiger partial charge in [-0.15, -0.1) is 0 Å².